The lowest BCUT2D eigenvalue weighted by Gasteiger charge is -2.24. The van der Waals surface area contributed by atoms with Crippen molar-refractivity contribution in [1.29, 1.82) is 0 Å². The van der Waals surface area contributed by atoms with Crippen LogP contribution in [0.1, 0.15) is 46.5 Å². The molecule has 158 valence electrons. The highest BCUT2D eigenvalue weighted by Gasteiger charge is 2.28. The normalized spacial score (nSPS) is 13.8. The molecule has 4 nitrogen and oxygen atoms in total. The molecule has 0 unspecified atom stereocenters. The predicted octanol–water partition coefficient (Wildman–Crippen LogP) is 6.18. The number of halogens is 1. The minimum atomic E-state index is -0.140. The molecule has 0 saturated carbocycles. The molecular formula is C25H23ClN2O2S. The van der Waals surface area contributed by atoms with Crippen molar-refractivity contribution in [3.63, 3.8) is 0 Å². The molecule has 4 rings (SSSR count). The summed E-state index contributed by atoms with van der Waals surface area (Å²) in [4.78, 5) is 29.9. The second kappa shape index (κ2) is 9.16. The van der Waals surface area contributed by atoms with Gasteiger partial charge in [-0.25, -0.2) is 0 Å². The zero-order valence-corrected chi connectivity index (χ0v) is 19.0. The highest BCUT2D eigenvalue weighted by Crippen LogP contribution is 2.42. The number of carbonyl (C=O) groups is 2. The van der Waals surface area contributed by atoms with Crippen molar-refractivity contribution in [2.24, 2.45) is 0 Å². The number of hydrogen-bond acceptors (Lipinski definition) is 3. The molecule has 2 amide bonds. The Morgan fingerprint density at radius 1 is 1.06 bits per heavy atom. The zero-order chi connectivity index (χ0) is 22.0. The van der Waals surface area contributed by atoms with Crippen molar-refractivity contribution in [3.05, 3.63) is 88.4 Å². The lowest BCUT2D eigenvalue weighted by molar-refractivity contribution is 0.0936. The molecule has 3 aromatic rings. The summed E-state index contributed by atoms with van der Waals surface area (Å²) in [5.41, 5.74) is 2.83. The fourth-order valence-corrected chi connectivity index (χ4v) is 4.72. The van der Waals surface area contributed by atoms with Crippen molar-refractivity contribution < 1.29 is 9.59 Å². The molecule has 0 radical (unpaired) electrons. The first-order valence-corrected chi connectivity index (χ1v) is 11.4. The number of rotatable bonds is 5. The van der Waals surface area contributed by atoms with Gasteiger partial charge in [-0.1, -0.05) is 54.6 Å². The molecule has 0 fully saturated rings. The molecular weight excluding hydrogens is 428 g/mol. The summed E-state index contributed by atoms with van der Waals surface area (Å²) >= 11 is 7.72. The second-order valence-corrected chi connectivity index (χ2v) is 9.10. The summed E-state index contributed by atoms with van der Waals surface area (Å²) in [6.07, 6.45) is 0.848. The Bertz CT molecular complexity index is 1150. The monoisotopic (exact) mass is 450 g/mol. The molecule has 1 heterocycles. The van der Waals surface area contributed by atoms with Crippen LogP contribution in [0.25, 0.3) is 0 Å². The zero-order valence-electron chi connectivity index (χ0n) is 17.4. The van der Waals surface area contributed by atoms with Gasteiger partial charge in [0.05, 0.1) is 17.8 Å². The van der Waals surface area contributed by atoms with Gasteiger partial charge < -0.3 is 10.2 Å². The van der Waals surface area contributed by atoms with Crippen LogP contribution < -0.4 is 10.2 Å². The van der Waals surface area contributed by atoms with Crippen molar-refractivity contribution in [2.45, 2.75) is 42.6 Å². The summed E-state index contributed by atoms with van der Waals surface area (Å²) in [5.74, 6) is -0.236. The Hall–Kier alpha value is -2.76. The molecule has 1 aliphatic heterocycles. The summed E-state index contributed by atoms with van der Waals surface area (Å²) in [5, 5.41) is 3.62. The van der Waals surface area contributed by atoms with Crippen molar-refractivity contribution >= 4 is 40.9 Å². The number of amides is 2. The van der Waals surface area contributed by atoms with Gasteiger partial charge >= 0.3 is 0 Å². The standard InChI is InChI=1S/C25H23ClN2O2S/c1-3-16(2)27-24(29)18-11-12-23-21(14-18)28(15-17-7-6-8-19(26)13-17)25(30)20-9-4-5-10-22(20)31-23/h4-14,16H,3,15H2,1-2H3,(H,27,29)/t16-/m0/s1. The first-order valence-electron chi connectivity index (χ1n) is 10.2. The minimum Gasteiger partial charge on any atom is -0.350 e. The molecule has 0 bridgehead atoms. The van der Waals surface area contributed by atoms with E-state index >= 15 is 0 Å². The Morgan fingerprint density at radius 2 is 1.87 bits per heavy atom. The smallest absolute Gasteiger partial charge is 0.259 e. The van der Waals surface area contributed by atoms with E-state index in [9.17, 15) is 9.59 Å². The summed E-state index contributed by atoms with van der Waals surface area (Å²) in [6.45, 7) is 4.36. The molecule has 0 spiro atoms. The van der Waals surface area contributed by atoms with Crippen molar-refractivity contribution in [1.82, 2.24) is 5.32 Å². The number of nitrogens with zero attached hydrogens (tertiary/aromatic N) is 1. The fourth-order valence-electron chi connectivity index (χ4n) is 3.45. The molecule has 0 aliphatic carbocycles. The molecule has 3 aromatic carbocycles. The third-order valence-corrected chi connectivity index (χ3v) is 6.69. The van der Waals surface area contributed by atoms with Gasteiger partial charge in [-0.3, -0.25) is 9.59 Å². The first-order chi connectivity index (χ1) is 15.0. The Morgan fingerprint density at radius 3 is 2.65 bits per heavy atom. The maximum absolute atomic E-state index is 13.6. The molecule has 0 aromatic heterocycles. The molecule has 1 N–H and O–H groups in total. The molecule has 31 heavy (non-hydrogen) atoms. The maximum atomic E-state index is 13.6. The van der Waals surface area contributed by atoms with Gasteiger partial charge in [0.15, 0.2) is 0 Å². The molecule has 0 saturated heterocycles. The van der Waals surface area contributed by atoms with Crippen LogP contribution in [0, 0.1) is 0 Å². The Balaban J connectivity index is 1.79. The van der Waals surface area contributed by atoms with Crippen LogP contribution in [0.4, 0.5) is 5.69 Å². The summed E-state index contributed by atoms with van der Waals surface area (Å²) < 4.78 is 0. The predicted molar refractivity (Wildman–Crippen MR) is 126 cm³/mol. The van der Waals surface area contributed by atoms with E-state index in [2.05, 4.69) is 5.32 Å². The van der Waals surface area contributed by atoms with Crippen LogP contribution >= 0.6 is 23.4 Å². The van der Waals surface area contributed by atoms with E-state index in [1.54, 1.807) is 16.7 Å². The van der Waals surface area contributed by atoms with Crippen LogP contribution in [-0.4, -0.2) is 17.9 Å². The quantitative estimate of drug-likeness (QED) is 0.505. The van der Waals surface area contributed by atoms with Gasteiger partial charge in [0.2, 0.25) is 0 Å². The van der Waals surface area contributed by atoms with Gasteiger partial charge in [-0.15, -0.1) is 0 Å². The van der Waals surface area contributed by atoms with Crippen LogP contribution in [0.15, 0.2) is 76.5 Å². The van der Waals surface area contributed by atoms with Gasteiger partial charge in [-0.2, -0.15) is 0 Å². The third-order valence-electron chi connectivity index (χ3n) is 5.31. The number of hydrogen-bond donors (Lipinski definition) is 1. The second-order valence-electron chi connectivity index (χ2n) is 7.58. The lowest BCUT2D eigenvalue weighted by atomic mass is 10.1. The molecule has 6 heteroatoms. The number of nitrogens with one attached hydrogen (secondary N) is 1. The number of anilines is 1. The highest BCUT2D eigenvalue weighted by atomic mass is 35.5. The lowest BCUT2D eigenvalue weighted by Crippen LogP contribution is -2.33. The maximum Gasteiger partial charge on any atom is 0.259 e. The molecule has 1 aliphatic rings. The summed E-state index contributed by atoms with van der Waals surface area (Å²) in [6, 6.07) is 20.7. The largest absolute Gasteiger partial charge is 0.350 e. The Labute approximate surface area is 191 Å². The van der Waals surface area contributed by atoms with Gasteiger partial charge in [0.25, 0.3) is 11.8 Å². The SMILES string of the molecule is CC[C@H](C)NC(=O)c1ccc2c(c1)N(Cc1cccc(Cl)c1)C(=O)c1ccccc1S2. The van der Waals surface area contributed by atoms with Crippen molar-refractivity contribution in [3.8, 4) is 0 Å². The van der Waals surface area contributed by atoms with Gasteiger partial charge in [0.1, 0.15) is 0 Å². The fraction of sp³-hybridized carbons (Fsp3) is 0.200. The average molecular weight is 451 g/mol. The average Bonchev–Trinajstić information content (AvgIpc) is 2.88. The van der Waals surface area contributed by atoms with E-state index < -0.39 is 0 Å². The number of benzene rings is 3. The summed E-state index contributed by atoms with van der Waals surface area (Å²) in [7, 11) is 0. The number of fused-ring (bicyclic) bond motifs is 2. The van der Waals surface area contributed by atoms with E-state index in [4.69, 9.17) is 11.6 Å². The van der Waals surface area contributed by atoms with Crippen LogP contribution in [0.3, 0.4) is 0 Å². The van der Waals surface area contributed by atoms with E-state index in [1.807, 2.05) is 80.6 Å². The first kappa shape index (κ1) is 21.5. The minimum absolute atomic E-state index is 0.0779. The van der Waals surface area contributed by atoms with E-state index in [0.717, 1.165) is 27.5 Å². The van der Waals surface area contributed by atoms with Crippen LogP contribution in [0.2, 0.25) is 5.02 Å². The van der Waals surface area contributed by atoms with Gasteiger partial charge in [0, 0.05) is 26.4 Å². The van der Waals surface area contributed by atoms with E-state index in [-0.39, 0.29) is 17.9 Å². The van der Waals surface area contributed by atoms with E-state index in [0.29, 0.717) is 22.7 Å². The topological polar surface area (TPSA) is 49.4 Å². The van der Waals surface area contributed by atoms with Crippen LogP contribution in [-0.2, 0) is 6.54 Å². The third kappa shape index (κ3) is 4.63. The highest BCUT2D eigenvalue weighted by molar-refractivity contribution is 7.99. The molecule has 1 atom stereocenters. The van der Waals surface area contributed by atoms with Gasteiger partial charge in [-0.05, 0) is 61.4 Å². The van der Waals surface area contributed by atoms with Crippen molar-refractivity contribution in [2.75, 3.05) is 4.90 Å². The van der Waals surface area contributed by atoms with E-state index in [1.165, 1.54) is 0 Å². The Kier molecular flexibility index (Phi) is 6.35. The van der Waals surface area contributed by atoms with Crippen LogP contribution in [0.5, 0.6) is 0 Å². The number of carbonyl (C=O) groups excluding carboxylic acids is 2.